The second kappa shape index (κ2) is 5.13. The Balaban J connectivity index is 1.65. The molecule has 110 valence electrons. The van der Waals surface area contributed by atoms with E-state index in [1.54, 1.807) is 10.8 Å². The van der Waals surface area contributed by atoms with Gasteiger partial charge >= 0.3 is 5.69 Å². The Kier molecular flexibility index (Phi) is 3.12. The van der Waals surface area contributed by atoms with Crippen molar-refractivity contribution in [1.82, 2.24) is 14.5 Å². The lowest BCUT2D eigenvalue weighted by Gasteiger charge is -2.33. The summed E-state index contributed by atoms with van der Waals surface area (Å²) in [5.41, 5.74) is 0.654. The molecule has 6 nitrogen and oxygen atoms in total. The summed E-state index contributed by atoms with van der Waals surface area (Å²) in [5.74, 6) is 0.775. The smallest absolute Gasteiger partial charge is 0.348 e. The van der Waals surface area contributed by atoms with Gasteiger partial charge in [0, 0.05) is 31.2 Å². The van der Waals surface area contributed by atoms with Crippen LogP contribution in [0.1, 0.15) is 0 Å². The number of morpholine rings is 1. The fourth-order valence-electron chi connectivity index (χ4n) is 3.07. The van der Waals surface area contributed by atoms with Crippen molar-refractivity contribution in [1.29, 1.82) is 0 Å². The van der Waals surface area contributed by atoms with E-state index < -0.39 is 0 Å². The van der Waals surface area contributed by atoms with E-state index in [9.17, 15) is 4.79 Å². The third kappa shape index (κ3) is 2.30. The summed E-state index contributed by atoms with van der Waals surface area (Å²) < 4.78 is 13.2. The van der Waals surface area contributed by atoms with E-state index >= 15 is 0 Å². The first-order chi connectivity index (χ1) is 10.3. The van der Waals surface area contributed by atoms with Gasteiger partial charge < -0.3 is 9.47 Å². The molecule has 2 aromatic rings. The Morgan fingerprint density at radius 3 is 3.00 bits per heavy atom. The van der Waals surface area contributed by atoms with Crippen molar-refractivity contribution in [2.45, 2.75) is 12.6 Å². The largest absolute Gasteiger partial charge is 0.485 e. The topological polar surface area (TPSA) is 56.6 Å². The zero-order valence-corrected chi connectivity index (χ0v) is 11.7. The van der Waals surface area contributed by atoms with E-state index in [0.29, 0.717) is 6.54 Å². The second-order valence-corrected chi connectivity index (χ2v) is 5.50. The van der Waals surface area contributed by atoms with Crippen molar-refractivity contribution in [3.05, 3.63) is 34.9 Å². The Labute approximate surface area is 121 Å². The highest BCUT2D eigenvalue weighted by molar-refractivity contribution is 5.84. The van der Waals surface area contributed by atoms with Crippen molar-refractivity contribution < 1.29 is 9.47 Å². The number of rotatable bonds is 2. The molecule has 0 aliphatic carbocycles. The number of ether oxygens (including phenoxy) is 2. The van der Waals surface area contributed by atoms with Crippen LogP contribution < -0.4 is 10.4 Å². The van der Waals surface area contributed by atoms with Gasteiger partial charge in [-0.1, -0.05) is 12.1 Å². The average molecular weight is 287 g/mol. The van der Waals surface area contributed by atoms with Crippen LogP contribution in [0.4, 0.5) is 0 Å². The minimum atomic E-state index is -0.203. The predicted octanol–water partition coefficient (Wildman–Crippen LogP) is 0.490. The van der Waals surface area contributed by atoms with Crippen LogP contribution in [0.15, 0.2) is 29.2 Å². The highest BCUT2D eigenvalue weighted by atomic mass is 16.5. The first kappa shape index (κ1) is 12.8. The number of aromatic nitrogens is 2. The fourth-order valence-corrected chi connectivity index (χ4v) is 3.07. The summed E-state index contributed by atoms with van der Waals surface area (Å²) in [5, 5.41) is 0.942. The van der Waals surface area contributed by atoms with Crippen molar-refractivity contribution in [2.24, 2.45) is 0 Å². The molecule has 2 aliphatic heterocycles. The third-order valence-corrected chi connectivity index (χ3v) is 4.09. The Hall–Kier alpha value is -1.92. The molecular formula is C15H17N3O3. The summed E-state index contributed by atoms with van der Waals surface area (Å²) in [6.07, 6.45) is 1.59. The Bertz CT molecular complexity index is 722. The molecule has 4 rings (SSSR count). The van der Waals surface area contributed by atoms with Crippen LogP contribution in [-0.2, 0) is 11.3 Å². The Morgan fingerprint density at radius 2 is 2.14 bits per heavy atom. The lowest BCUT2D eigenvalue weighted by molar-refractivity contribution is 0.0151. The van der Waals surface area contributed by atoms with E-state index in [1.165, 1.54) is 0 Å². The molecule has 3 heterocycles. The average Bonchev–Trinajstić information content (AvgIpc) is 2.52. The maximum Gasteiger partial charge on any atom is 0.348 e. The molecule has 0 radical (unpaired) electrons. The van der Waals surface area contributed by atoms with Gasteiger partial charge in [-0.15, -0.1) is 0 Å². The van der Waals surface area contributed by atoms with Crippen molar-refractivity contribution in [2.75, 3.05) is 32.8 Å². The van der Waals surface area contributed by atoms with Gasteiger partial charge in [0.1, 0.15) is 11.9 Å². The number of benzene rings is 1. The van der Waals surface area contributed by atoms with Crippen LogP contribution in [0.2, 0.25) is 0 Å². The van der Waals surface area contributed by atoms with Gasteiger partial charge in [0.25, 0.3) is 0 Å². The lowest BCUT2D eigenvalue weighted by Crippen LogP contribution is -2.46. The monoisotopic (exact) mass is 287 g/mol. The van der Waals surface area contributed by atoms with Gasteiger partial charge in [0.05, 0.1) is 25.3 Å². The molecule has 2 aliphatic rings. The van der Waals surface area contributed by atoms with Crippen LogP contribution >= 0.6 is 0 Å². The first-order valence-corrected chi connectivity index (χ1v) is 7.26. The molecule has 1 aromatic heterocycles. The predicted molar refractivity (Wildman–Crippen MR) is 77.7 cm³/mol. The van der Waals surface area contributed by atoms with Gasteiger partial charge in [-0.2, -0.15) is 0 Å². The number of hydrogen-bond donors (Lipinski definition) is 0. The molecule has 0 spiro atoms. The Morgan fingerprint density at radius 1 is 1.29 bits per heavy atom. The standard InChI is InChI=1S/C15H17N3O3/c19-15-16-8-11-2-1-3-13-14(11)18(15)10-12(21-13)9-17-4-6-20-7-5-17/h1-3,8,12H,4-7,9-10H2. The minimum absolute atomic E-state index is 0.0249. The molecule has 1 saturated heterocycles. The molecule has 1 atom stereocenters. The molecular weight excluding hydrogens is 270 g/mol. The maximum atomic E-state index is 12.1. The van der Waals surface area contributed by atoms with Gasteiger partial charge in [-0.25, -0.2) is 9.78 Å². The van der Waals surface area contributed by atoms with Gasteiger partial charge in [-0.05, 0) is 6.07 Å². The summed E-state index contributed by atoms with van der Waals surface area (Å²) in [6.45, 7) is 4.72. The molecule has 0 saturated carbocycles. The highest BCUT2D eigenvalue weighted by Gasteiger charge is 2.25. The van der Waals surface area contributed by atoms with E-state index in [-0.39, 0.29) is 11.8 Å². The molecule has 0 N–H and O–H groups in total. The molecule has 0 amide bonds. The summed E-state index contributed by atoms with van der Waals surface area (Å²) >= 11 is 0. The highest BCUT2D eigenvalue weighted by Crippen LogP contribution is 2.28. The molecule has 6 heteroatoms. The number of hydrogen-bond acceptors (Lipinski definition) is 5. The summed E-state index contributed by atoms with van der Waals surface area (Å²) in [4.78, 5) is 18.3. The van der Waals surface area contributed by atoms with Crippen LogP contribution in [0, 0.1) is 0 Å². The molecule has 0 bridgehead atoms. The van der Waals surface area contributed by atoms with E-state index in [0.717, 1.165) is 49.5 Å². The van der Waals surface area contributed by atoms with Gasteiger partial charge in [0.2, 0.25) is 0 Å². The number of para-hydroxylation sites is 1. The van der Waals surface area contributed by atoms with E-state index in [1.807, 2.05) is 18.2 Å². The van der Waals surface area contributed by atoms with Crippen LogP contribution in [-0.4, -0.2) is 53.4 Å². The zero-order chi connectivity index (χ0) is 14.2. The van der Waals surface area contributed by atoms with E-state index in [2.05, 4.69) is 9.88 Å². The van der Waals surface area contributed by atoms with Gasteiger partial charge in [0.15, 0.2) is 0 Å². The quantitative estimate of drug-likeness (QED) is 0.804. The molecule has 21 heavy (non-hydrogen) atoms. The normalized spacial score (nSPS) is 22.2. The van der Waals surface area contributed by atoms with Crippen LogP contribution in [0.5, 0.6) is 5.75 Å². The first-order valence-electron chi connectivity index (χ1n) is 7.26. The van der Waals surface area contributed by atoms with Crippen LogP contribution in [0.3, 0.4) is 0 Å². The minimum Gasteiger partial charge on any atom is -0.485 e. The van der Waals surface area contributed by atoms with Crippen molar-refractivity contribution >= 4 is 10.9 Å². The molecule has 1 unspecified atom stereocenters. The third-order valence-electron chi connectivity index (χ3n) is 4.09. The second-order valence-electron chi connectivity index (χ2n) is 5.50. The lowest BCUT2D eigenvalue weighted by atomic mass is 10.1. The summed E-state index contributed by atoms with van der Waals surface area (Å²) in [7, 11) is 0. The summed E-state index contributed by atoms with van der Waals surface area (Å²) in [6, 6.07) is 5.81. The molecule has 1 aromatic carbocycles. The van der Waals surface area contributed by atoms with Crippen molar-refractivity contribution in [3.8, 4) is 5.75 Å². The zero-order valence-electron chi connectivity index (χ0n) is 11.7. The SMILES string of the molecule is O=c1ncc2cccc3c2n1CC(CN1CCOCC1)O3. The van der Waals surface area contributed by atoms with Crippen molar-refractivity contribution in [3.63, 3.8) is 0 Å². The fraction of sp³-hybridized carbons (Fsp3) is 0.467. The maximum absolute atomic E-state index is 12.1. The number of nitrogens with zero attached hydrogens (tertiary/aromatic N) is 3. The molecule has 1 fully saturated rings. The van der Waals surface area contributed by atoms with Crippen LogP contribution in [0.25, 0.3) is 10.9 Å². The van der Waals surface area contributed by atoms with Gasteiger partial charge in [-0.3, -0.25) is 9.47 Å². The van der Waals surface area contributed by atoms with E-state index in [4.69, 9.17) is 9.47 Å².